The molecule has 0 amide bonds. The third-order valence-corrected chi connectivity index (χ3v) is 6.31. The van der Waals surface area contributed by atoms with Crippen LogP contribution in [-0.2, 0) is 15.6 Å². The Morgan fingerprint density at radius 1 is 0.893 bits per heavy atom. The highest BCUT2D eigenvalue weighted by Gasteiger charge is 2.40. The van der Waals surface area contributed by atoms with Gasteiger partial charge in [-0.15, -0.1) is 0 Å². The molecule has 1 aliphatic heterocycles. The molecule has 4 rings (SSSR count). The number of hydrogen-bond acceptors (Lipinski definition) is 3. The van der Waals surface area contributed by atoms with Crippen LogP contribution in [0.25, 0.3) is 0 Å². The van der Waals surface area contributed by atoms with Crippen molar-refractivity contribution < 1.29 is 27.4 Å². The minimum Gasteiger partial charge on any atom is -0.452 e. The summed E-state index contributed by atoms with van der Waals surface area (Å²) in [7, 11) is -0.561. The molecule has 3 nitrogen and oxygen atoms in total. The highest BCUT2D eigenvalue weighted by Crippen LogP contribution is 2.47. The minimum atomic E-state index is -4.57. The summed E-state index contributed by atoms with van der Waals surface area (Å²) >= 11 is 0. The van der Waals surface area contributed by atoms with E-state index in [2.05, 4.69) is 4.74 Å². The van der Waals surface area contributed by atoms with Crippen molar-refractivity contribution in [2.24, 2.45) is 0 Å². The predicted octanol–water partition coefficient (Wildman–Crippen LogP) is 5.61. The summed E-state index contributed by atoms with van der Waals surface area (Å²) in [6, 6.07) is 21.9. The Balaban J connectivity index is 1.76. The Morgan fingerprint density at radius 3 is 2.32 bits per heavy atom. The summed E-state index contributed by atoms with van der Waals surface area (Å²) in [6.07, 6.45) is -4.57. The zero-order valence-corrected chi connectivity index (χ0v) is 15.2. The first kappa shape index (κ1) is 18.4. The molecule has 0 spiro atoms. The molecule has 0 saturated carbocycles. The lowest BCUT2D eigenvalue weighted by Gasteiger charge is -2.20. The molecule has 28 heavy (non-hydrogen) atoms. The third kappa shape index (κ3) is 3.71. The van der Waals surface area contributed by atoms with Crippen molar-refractivity contribution in [1.29, 1.82) is 0 Å². The van der Waals surface area contributed by atoms with Gasteiger partial charge in [0.25, 0.3) is 0 Å². The lowest BCUT2D eigenvalue weighted by Crippen LogP contribution is -2.20. The molecule has 3 aromatic carbocycles. The van der Waals surface area contributed by atoms with Crippen LogP contribution in [0.5, 0.6) is 11.5 Å². The van der Waals surface area contributed by atoms with Crippen LogP contribution in [0, 0.1) is 0 Å². The van der Waals surface area contributed by atoms with Crippen LogP contribution in [0.1, 0.15) is 10.4 Å². The van der Waals surface area contributed by atoms with Crippen molar-refractivity contribution in [1.82, 2.24) is 0 Å². The standard InChI is InChI=1S/C21H14F3O3S/c22-21(23,24)13-26-20(25)14-10-11-17-19(12-14)28(15-6-2-1-3-7-15)18-9-5-4-8-16(18)27-17/h1-12H,13H2/q+1. The summed E-state index contributed by atoms with van der Waals surface area (Å²) in [6.45, 7) is -1.62. The van der Waals surface area contributed by atoms with Gasteiger partial charge in [-0.25, -0.2) is 4.79 Å². The fourth-order valence-electron chi connectivity index (χ4n) is 2.86. The largest absolute Gasteiger partial charge is 0.452 e. The average Bonchev–Trinajstić information content (AvgIpc) is 2.70. The zero-order chi connectivity index (χ0) is 19.7. The molecule has 0 aromatic heterocycles. The van der Waals surface area contributed by atoms with E-state index < -0.39 is 29.6 Å². The lowest BCUT2D eigenvalue weighted by atomic mass is 10.2. The van der Waals surface area contributed by atoms with Crippen LogP contribution in [0.2, 0.25) is 0 Å². The Hall–Kier alpha value is -2.93. The van der Waals surface area contributed by atoms with E-state index in [9.17, 15) is 18.0 Å². The van der Waals surface area contributed by atoms with Gasteiger partial charge in [0.1, 0.15) is 10.9 Å². The Kier molecular flexibility index (Phi) is 4.77. The Morgan fingerprint density at radius 2 is 1.57 bits per heavy atom. The van der Waals surface area contributed by atoms with Crippen molar-refractivity contribution >= 4 is 16.9 Å². The van der Waals surface area contributed by atoms with E-state index >= 15 is 0 Å². The zero-order valence-electron chi connectivity index (χ0n) is 14.4. The number of benzene rings is 3. The van der Waals surface area contributed by atoms with Crippen LogP contribution in [0.4, 0.5) is 13.2 Å². The molecule has 142 valence electrons. The first-order valence-corrected chi connectivity index (χ1v) is 9.59. The van der Waals surface area contributed by atoms with E-state index in [1.165, 1.54) is 6.07 Å². The van der Waals surface area contributed by atoms with Gasteiger partial charge in [-0.3, -0.25) is 0 Å². The van der Waals surface area contributed by atoms with Gasteiger partial charge in [-0.1, -0.05) is 30.3 Å². The van der Waals surface area contributed by atoms with Gasteiger partial charge in [-0.2, -0.15) is 13.2 Å². The van der Waals surface area contributed by atoms with Crippen molar-refractivity contribution in [3.8, 4) is 11.5 Å². The molecule has 1 aliphatic rings. The van der Waals surface area contributed by atoms with Gasteiger partial charge in [0.2, 0.25) is 9.79 Å². The predicted molar refractivity (Wildman–Crippen MR) is 97.9 cm³/mol. The molecule has 0 saturated heterocycles. The van der Waals surface area contributed by atoms with Gasteiger partial charge in [-0.05, 0) is 36.4 Å². The SMILES string of the molecule is O=C(OCC(F)(F)F)c1ccc2c(c1)[S+](c1ccccc1)c1ccccc1O2. The maximum absolute atomic E-state index is 12.4. The molecule has 0 N–H and O–H groups in total. The summed E-state index contributed by atoms with van der Waals surface area (Å²) in [5.41, 5.74) is 0.0550. The quantitative estimate of drug-likeness (QED) is 0.330. The second-order valence-corrected chi connectivity index (χ2v) is 7.98. The first-order chi connectivity index (χ1) is 13.4. The molecule has 1 atom stereocenters. The van der Waals surface area contributed by atoms with Gasteiger partial charge in [0.15, 0.2) is 23.0 Å². The van der Waals surface area contributed by atoms with Crippen molar-refractivity contribution in [3.63, 3.8) is 0 Å². The van der Waals surface area contributed by atoms with E-state index in [4.69, 9.17) is 4.74 Å². The van der Waals surface area contributed by atoms with E-state index in [1.54, 1.807) is 12.1 Å². The monoisotopic (exact) mass is 403 g/mol. The van der Waals surface area contributed by atoms with Crippen LogP contribution < -0.4 is 4.74 Å². The minimum absolute atomic E-state index is 0.0550. The van der Waals surface area contributed by atoms with E-state index in [-0.39, 0.29) is 5.56 Å². The number of fused-ring (bicyclic) bond motifs is 2. The maximum atomic E-state index is 12.4. The molecule has 0 aliphatic carbocycles. The second-order valence-electron chi connectivity index (χ2n) is 6.02. The van der Waals surface area contributed by atoms with E-state index in [0.29, 0.717) is 5.75 Å². The van der Waals surface area contributed by atoms with Crippen LogP contribution >= 0.6 is 0 Å². The molecular formula is C21H14F3O3S+. The average molecular weight is 403 g/mol. The van der Waals surface area contributed by atoms with Gasteiger partial charge in [0.05, 0.1) is 5.56 Å². The van der Waals surface area contributed by atoms with E-state index in [1.807, 2.05) is 54.6 Å². The Bertz CT molecular complexity index is 1020. The number of esters is 1. The number of alkyl halides is 3. The summed E-state index contributed by atoms with van der Waals surface area (Å²) in [4.78, 5) is 14.8. The molecule has 1 unspecified atom stereocenters. The summed E-state index contributed by atoms with van der Waals surface area (Å²) in [5.74, 6) is 0.267. The maximum Gasteiger partial charge on any atom is 0.422 e. The van der Waals surface area contributed by atoms with Crippen LogP contribution in [0.15, 0.2) is 87.5 Å². The van der Waals surface area contributed by atoms with Crippen molar-refractivity contribution in [3.05, 3.63) is 78.4 Å². The number of rotatable bonds is 3. The second kappa shape index (κ2) is 7.24. The number of carbonyl (C=O) groups is 1. The molecule has 0 fully saturated rings. The molecule has 0 bridgehead atoms. The number of halogens is 3. The fraction of sp³-hybridized carbons (Fsp3) is 0.0952. The fourth-order valence-corrected chi connectivity index (χ4v) is 5.12. The number of para-hydroxylation sites is 1. The van der Waals surface area contributed by atoms with Crippen molar-refractivity contribution in [2.75, 3.05) is 6.61 Å². The van der Waals surface area contributed by atoms with Crippen LogP contribution in [-0.4, -0.2) is 18.8 Å². The number of ether oxygens (including phenoxy) is 2. The van der Waals surface area contributed by atoms with Gasteiger partial charge >= 0.3 is 12.1 Å². The highest BCUT2D eigenvalue weighted by molar-refractivity contribution is 7.97. The summed E-state index contributed by atoms with van der Waals surface area (Å²) < 4.78 is 47.4. The molecule has 1 heterocycles. The lowest BCUT2D eigenvalue weighted by molar-refractivity contribution is -0.161. The summed E-state index contributed by atoms with van der Waals surface area (Å²) in [5, 5.41) is 0. The first-order valence-electron chi connectivity index (χ1n) is 8.36. The Labute approximate surface area is 162 Å². The number of carbonyl (C=O) groups excluding carboxylic acids is 1. The molecule has 0 radical (unpaired) electrons. The van der Waals surface area contributed by atoms with Crippen LogP contribution in [0.3, 0.4) is 0 Å². The van der Waals surface area contributed by atoms with Gasteiger partial charge in [0, 0.05) is 6.07 Å². The topological polar surface area (TPSA) is 35.5 Å². The molecule has 7 heteroatoms. The van der Waals surface area contributed by atoms with E-state index in [0.717, 1.165) is 20.4 Å². The van der Waals surface area contributed by atoms with Gasteiger partial charge < -0.3 is 9.47 Å². The molecular weight excluding hydrogens is 389 g/mol. The van der Waals surface area contributed by atoms with Crippen molar-refractivity contribution in [2.45, 2.75) is 20.9 Å². The normalized spacial score (nSPS) is 15.2. The molecule has 3 aromatic rings. The number of hydrogen-bond donors (Lipinski definition) is 0. The highest BCUT2D eigenvalue weighted by atomic mass is 32.2. The third-order valence-electron chi connectivity index (χ3n) is 4.03. The smallest absolute Gasteiger partial charge is 0.422 e.